The van der Waals surface area contributed by atoms with Crippen molar-refractivity contribution in [2.75, 3.05) is 6.54 Å². The van der Waals surface area contributed by atoms with E-state index in [1.807, 2.05) is 6.26 Å². The summed E-state index contributed by atoms with van der Waals surface area (Å²) in [6.45, 7) is 3.28. The SMILES string of the molecule is c1oc(CN(CC2CC2)C2CC2)cc1CNC1CC1. The Morgan fingerprint density at radius 3 is 2.68 bits per heavy atom. The van der Waals surface area contributed by atoms with Gasteiger partial charge in [0, 0.05) is 30.7 Å². The molecule has 0 aromatic carbocycles. The van der Waals surface area contributed by atoms with Crippen LogP contribution in [0.25, 0.3) is 0 Å². The second kappa shape index (κ2) is 4.95. The van der Waals surface area contributed by atoms with Gasteiger partial charge in [-0.3, -0.25) is 4.90 Å². The van der Waals surface area contributed by atoms with Crippen LogP contribution in [0.5, 0.6) is 0 Å². The lowest BCUT2D eigenvalue weighted by atomic mass is 10.2. The van der Waals surface area contributed by atoms with Crippen LogP contribution in [0.15, 0.2) is 16.7 Å². The van der Waals surface area contributed by atoms with Crippen molar-refractivity contribution < 1.29 is 4.42 Å². The summed E-state index contributed by atoms with van der Waals surface area (Å²) in [6.07, 6.45) is 10.3. The lowest BCUT2D eigenvalue weighted by Crippen LogP contribution is -2.27. The van der Waals surface area contributed by atoms with Gasteiger partial charge in [0.15, 0.2) is 0 Å². The maximum atomic E-state index is 5.75. The summed E-state index contributed by atoms with van der Waals surface area (Å²) < 4.78 is 5.75. The van der Waals surface area contributed by atoms with Gasteiger partial charge in [-0.2, -0.15) is 0 Å². The largest absolute Gasteiger partial charge is 0.468 e. The lowest BCUT2D eigenvalue weighted by molar-refractivity contribution is 0.224. The molecule has 3 fully saturated rings. The van der Waals surface area contributed by atoms with Gasteiger partial charge < -0.3 is 9.73 Å². The molecule has 0 bridgehead atoms. The summed E-state index contributed by atoms with van der Waals surface area (Å²) in [7, 11) is 0. The molecule has 1 heterocycles. The quantitative estimate of drug-likeness (QED) is 0.779. The zero-order valence-corrected chi connectivity index (χ0v) is 11.6. The first-order valence-electron chi connectivity index (χ1n) is 7.90. The number of rotatable bonds is 8. The van der Waals surface area contributed by atoms with Crippen molar-refractivity contribution in [3.63, 3.8) is 0 Å². The number of nitrogens with one attached hydrogen (secondary N) is 1. The Bertz CT molecular complexity index is 430. The molecule has 0 radical (unpaired) electrons. The highest BCUT2D eigenvalue weighted by Crippen LogP contribution is 2.35. The van der Waals surface area contributed by atoms with Gasteiger partial charge in [-0.25, -0.2) is 0 Å². The molecule has 1 N–H and O–H groups in total. The first-order chi connectivity index (χ1) is 9.37. The van der Waals surface area contributed by atoms with Gasteiger partial charge in [-0.1, -0.05) is 0 Å². The van der Waals surface area contributed by atoms with Crippen molar-refractivity contribution in [2.24, 2.45) is 5.92 Å². The fourth-order valence-electron chi connectivity index (χ4n) is 2.77. The van der Waals surface area contributed by atoms with Gasteiger partial charge in [-0.15, -0.1) is 0 Å². The van der Waals surface area contributed by atoms with Crippen LogP contribution < -0.4 is 5.32 Å². The topological polar surface area (TPSA) is 28.4 Å². The minimum atomic E-state index is 0.774. The van der Waals surface area contributed by atoms with E-state index in [1.54, 1.807) is 0 Å². The molecule has 1 aromatic heterocycles. The summed E-state index contributed by atoms with van der Waals surface area (Å²) in [5, 5.41) is 3.54. The molecule has 0 amide bonds. The van der Waals surface area contributed by atoms with Crippen molar-refractivity contribution in [2.45, 2.75) is 63.7 Å². The molecular weight excluding hydrogens is 236 g/mol. The molecule has 0 unspecified atom stereocenters. The van der Waals surface area contributed by atoms with E-state index in [4.69, 9.17) is 4.42 Å². The summed E-state index contributed by atoms with van der Waals surface area (Å²) in [6, 6.07) is 3.87. The minimum absolute atomic E-state index is 0.774. The van der Waals surface area contributed by atoms with E-state index in [0.717, 1.165) is 36.9 Å². The fourth-order valence-corrected chi connectivity index (χ4v) is 2.77. The standard InChI is InChI=1S/C16H24N2O/c1-2-12(1)9-18(15-5-6-15)10-16-7-13(11-19-16)8-17-14-3-4-14/h7,11-12,14-15,17H,1-6,8-10H2. The van der Waals surface area contributed by atoms with E-state index >= 15 is 0 Å². The smallest absolute Gasteiger partial charge is 0.118 e. The van der Waals surface area contributed by atoms with Crippen LogP contribution in [0.4, 0.5) is 0 Å². The predicted octanol–water partition coefficient (Wildman–Crippen LogP) is 2.91. The Balaban J connectivity index is 1.31. The van der Waals surface area contributed by atoms with E-state index in [2.05, 4.69) is 16.3 Å². The molecule has 0 spiro atoms. The lowest BCUT2D eigenvalue weighted by Gasteiger charge is -2.20. The van der Waals surface area contributed by atoms with E-state index in [0.29, 0.717) is 0 Å². The monoisotopic (exact) mass is 260 g/mol. The molecule has 0 saturated heterocycles. The Labute approximate surface area is 115 Å². The Hall–Kier alpha value is -0.800. The number of hydrogen-bond donors (Lipinski definition) is 1. The van der Waals surface area contributed by atoms with Gasteiger partial charge in [0.25, 0.3) is 0 Å². The van der Waals surface area contributed by atoms with Gasteiger partial charge in [0.1, 0.15) is 5.76 Å². The summed E-state index contributed by atoms with van der Waals surface area (Å²) in [5.41, 5.74) is 1.31. The first-order valence-corrected chi connectivity index (χ1v) is 7.90. The Morgan fingerprint density at radius 2 is 2.00 bits per heavy atom. The van der Waals surface area contributed by atoms with E-state index in [1.165, 1.54) is 50.6 Å². The highest BCUT2D eigenvalue weighted by molar-refractivity contribution is 5.13. The van der Waals surface area contributed by atoms with Crippen molar-refractivity contribution in [1.29, 1.82) is 0 Å². The van der Waals surface area contributed by atoms with Crippen LogP contribution in [0.2, 0.25) is 0 Å². The van der Waals surface area contributed by atoms with Crippen LogP contribution in [-0.4, -0.2) is 23.5 Å². The van der Waals surface area contributed by atoms with Crippen LogP contribution in [0, 0.1) is 5.92 Å². The third-order valence-corrected chi connectivity index (χ3v) is 4.49. The molecule has 1 aromatic rings. The molecule has 3 aliphatic rings. The second-order valence-corrected chi connectivity index (χ2v) is 6.68. The fraction of sp³-hybridized carbons (Fsp3) is 0.750. The zero-order valence-electron chi connectivity index (χ0n) is 11.6. The maximum absolute atomic E-state index is 5.75. The van der Waals surface area contributed by atoms with Gasteiger partial charge in [-0.05, 0) is 50.5 Å². The third kappa shape index (κ3) is 3.40. The number of hydrogen-bond acceptors (Lipinski definition) is 3. The van der Waals surface area contributed by atoms with E-state index < -0.39 is 0 Å². The molecule has 3 nitrogen and oxygen atoms in total. The minimum Gasteiger partial charge on any atom is -0.468 e. The highest BCUT2D eigenvalue weighted by atomic mass is 16.3. The van der Waals surface area contributed by atoms with Gasteiger partial charge in [0.05, 0.1) is 12.8 Å². The maximum Gasteiger partial charge on any atom is 0.118 e. The molecule has 3 heteroatoms. The zero-order chi connectivity index (χ0) is 12.7. The van der Waals surface area contributed by atoms with Crippen molar-refractivity contribution in [3.8, 4) is 0 Å². The molecule has 4 rings (SSSR count). The van der Waals surface area contributed by atoms with Crippen molar-refractivity contribution >= 4 is 0 Å². The molecule has 0 atom stereocenters. The molecule has 19 heavy (non-hydrogen) atoms. The van der Waals surface area contributed by atoms with Gasteiger partial charge >= 0.3 is 0 Å². The second-order valence-electron chi connectivity index (χ2n) is 6.68. The molecule has 104 valence electrons. The Kier molecular flexibility index (Phi) is 3.12. The highest BCUT2D eigenvalue weighted by Gasteiger charge is 2.34. The molecule has 3 aliphatic carbocycles. The Morgan fingerprint density at radius 1 is 1.16 bits per heavy atom. The summed E-state index contributed by atoms with van der Waals surface area (Å²) >= 11 is 0. The predicted molar refractivity (Wildman–Crippen MR) is 74.7 cm³/mol. The van der Waals surface area contributed by atoms with Gasteiger partial charge in [0.2, 0.25) is 0 Å². The van der Waals surface area contributed by atoms with E-state index in [-0.39, 0.29) is 0 Å². The molecule has 0 aliphatic heterocycles. The number of nitrogens with zero attached hydrogens (tertiary/aromatic N) is 1. The van der Waals surface area contributed by atoms with Crippen LogP contribution in [0.1, 0.15) is 49.8 Å². The first kappa shape index (κ1) is 12.0. The average molecular weight is 260 g/mol. The normalized spacial score (nSPS) is 23.2. The van der Waals surface area contributed by atoms with Crippen molar-refractivity contribution in [3.05, 3.63) is 23.7 Å². The van der Waals surface area contributed by atoms with Crippen molar-refractivity contribution in [1.82, 2.24) is 10.2 Å². The number of furan rings is 1. The van der Waals surface area contributed by atoms with Crippen LogP contribution >= 0.6 is 0 Å². The summed E-state index contributed by atoms with van der Waals surface area (Å²) in [4.78, 5) is 2.65. The molecular formula is C16H24N2O. The van der Waals surface area contributed by atoms with Crippen LogP contribution in [0.3, 0.4) is 0 Å². The summed E-state index contributed by atoms with van der Waals surface area (Å²) in [5.74, 6) is 2.13. The third-order valence-electron chi connectivity index (χ3n) is 4.49. The average Bonchev–Trinajstić information content (AvgIpc) is 3.22. The molecule has 3 saturated carbocycles. The van der Waals surface area contributed by atoms with E-state index in [9.17, 15) is 0 Å². The van der Waals surface area contributed by atoms with Crippen LogP contribution in [-0.2, 0) is 13.1 Å².